The fourth-order valence-corrected chi connectivity index (χ4v) is 4.77. The van der Waals surface area contributed by atoms with E-state index < -0.39 is 35.5 Å². The number of rotatable bonds is 11. The number of carboxylic acid groups (broad SMARTS) is 2. The van der Waals surface area contributed by atoms with E-state index in [4.69, 9.17) is 27.5 Å². The van der Waals surface area contributed by atoms with Crippen LogP contribution in [0.4, 0.5) is 11.5 Å². The minimum Gasteiger partial charge on any atom is -0.478 e. The van der Waals surface area contributed by atoms with Crippen molar-refractivity contribution in [3.63, 3.8) is 0 Å². The molecule has 2 heterocycles. The number of benzene rings is 1. The van der Waals surface area contributed by atoms with Crippen LogP contribution in [0, 0.1) is 11.8 Å². The molecule has 1 aliphatic rings. The largest absolute Gasteiger partial charge is 0.478 e. The van der Waals surface area contributed by atoms with Gasteiger partial charge in [0.2, 0.25) is 11.8 Å². The maximum atomic E-state index is 13.0. The van der Waals surface area contributed by atoms with Crippen molar-refractivity contribution in [2.75, 3.05) is 29.9 Å². The van der Waals surface area contributed by atoms with Gasteiger partial charge in [-0.1, -0.05) is 43.6 Å². The predicted molar refractivity (Wildman–Crippen MR) is 164 cm³/mol. The first-order chi connectivity index (χ1) is 20.1. The van der Waals surface area contributed by atoms with Crippen LogP contribution in [0.3, 0.4) is 0 Å². The first-order valence-corrected chi connectivity index (χ1v) is 14.1. The number of aromatic nitrogens is 1. The van der Waals surface area contributed by atoms with Gasteiger partial charge in [-0.15, -0.1) is 0 Å². The standard InChI is InChI=1S/C26H36ClN5O3.C4H4O4/c1-17(2)18(25(35)30-23-11-7-8-12-29-23)13-22(33)20(28)14-31-15-24(34)32(16-26(31,3)4)21-10-6-5-9-19(21)27;5-3(6)1-2-4(7)8/h5-12,17-18,20,22,33H,13-16,28H2,1-4H3,(H,29,30,35);1-2H,(H,5,6)(H,7,8)/b;2-1+/t18-,20-,22-;/m0./s1. The first-order valence-electron chi connectivity index (χ1n) is 13.7. The minimum absolute atomic E-state index is 0.00209. The minimum atomic E-state index is -1.26. The first kappa shape index (κ1) is 35.4. The Kier molecular flexibility index (Phi) is 13.3. The number of pyridine rings is 1. The number of amides is 2. The lowest BCUT2D eigenvalue weighted by atomic mass is 9.87. The fourth-order valence-electron chi connectivity index (χ4n) is 4.53. The third-order valence-corrected chi connectivity index (χ3v) is 7.34. The molecule has 3 rings (SSSR count). The number of halogens is 1. The molecule has 234 valence electrons. The number of aliphatic hydroxyl groups is 1. The van der Waals surface area contributed by atoms with Crippen molar-refractivity contribution in [1.29, 1.82) is 0 Å². The molecule has 1 aromatic heterocycles. The SMILES string of the molecule is CC(C)[C@H](C[C@H](O)[C@@H](N)CN1CC(=O)N(c2ccccc2Cl)CC1(C)C)C(=O)Nc1ccccn1.O=C(O)/C=C/C(=O)O. The molecule has 0 bridgehead atoms. The summed E-state index contributed by atoms with van der Waals surface area (Å²) < 4.78 is 0. The third kappa shape index (κ3) is 11.1. The van der Waals surface area contributed by atoms with Crippen LogP contribution < -0.4 is 16.0 Å². The number of para-hydroxylation sites is 1. The molecule has 0 aliphatic carbocycles. The summed E-state index contributed by atoms with van der Waals surface area (Å²) in [4.78, 5) is 52.8. The number of piperazine rings is 1. The van der Waals surface area contributed by atoms with Crippen molar-refractivity contribution in [2.45, 2.75) is 51.8 Å². The van der Waals surface area contributed by atoms with Crippen LogP contribution >= 0.6 is 11.6 Å². The van der Waals surface area contributed by atoms with Crippen molar-refractivity contribution in [3.8, 4) is 0 Å². The average molecular weight is 618 g/mol. The predicted octanol–water partition coefficient (Wildman–Crippen LogP) is 2.86. The highest BCUT2D eigenvalue weighted by Gasteiger charge is 2.40. The summed E-state index contributed by atoms with van der Waals surface area (Å²) >= 11 is 6.33. The van der Waals surface area contributed by atoms with Crippen LogP contribution in [0.25, 0.3) is 0 Å². The number of aliphatic hydroxyl groups excluding tert-OH is 1. The Balaban J connectivity index is 0.000000708. The summed E-state index contributed by atoms with van der Waals surface area (Å²) in [5.74, 6) is -2.76. The zero-order valence-corrected chi connectivity index (χ0v) is 25.4. The number of hydrogen-bond donors (Lipinski definition) is 5. The number of carbonyl (C=O) groups is 4. The molecule has 3 atom stereocenters. The molecule has 0 spiro atoms. The van der Waals surface area contributed by atoms with E-state index >= 15 is 0 Å². The van der Waals surface area contributed by atoms with Crippen LogP contribution in [0.15, 0.2) is 60.8 Å². The fraction of sp³-hybridized carbons (Fsp3) is 0.433. The Morgan fingerprint density at radius 3 is 2.23 bits per heavy atom. The summed E-state index contributed by atoms with van der Waals surface area (Å²) in [6.45, 7) is 8.89. The number of carboxylic acids is 2. The molecular formula is C30H40ClN5O7. The molecule has 0 unspecified atom stereocenters. The molecule has 1 aliphatic heterocycles. The van der Waals surface area contributed by atoms with Gasteiger partial charge in [-0.05, 0) is 50.5 Å². The zero-order chi connectivity index (χ0) is 32.3. The normalized spacial score (nSPS) is 17.1. The van der Waals surface area contributed by atoms with Gasteiger partial charge >= 0.3 is 11.9 Å². The van der Waals surface area contributed by atoms with Crippen molar-refractivity contribution in [2.24, 2.45) is 17.6 Å². The Labute approximate surface area is 256 Å². The molecular weight excluding hydrogens is 578 g/mol. The average Bonchev–Trinajstić information content (AvgIpc) is 2.93. The summed E-state index contributed by atoms with van der Waals surface area (Å²) in [7, 11) is 0. The maximum Gasteiger partial charge on any atom is 0.328 e. The summed E-state index contributed by atoms with van der Waals surface area (Å²) in [5, 5.41) is 29.9. The lowest BCUT2D eigenvalue weighted by Crippen LogP contribution is -2.64. The smallest absolute Gasteiger partial charge is 0.328 e. The van der Waals surface area contributed by atoms with E-state index in [1.54, 1.807) is 35.4 Å². The molecule has 0 radical (unpaired) electrons. The molecule has 12 nitrogen and oxygen atoms in total. The number of anilines is 2. The second kappa shape index (κ2) is 16.1. The van der Waals surface area contributed by atoms with Crippen LogP contribution in [0.5, 0.6) is 0 Å². The quantitative estimate of drug-likeness (QED) is 0.235. The lowest BCUT2D eigenvalue weighted by molar-refractivity contribution is -0.134. The van der Waals surface area contributed by atoms with E-state index in [-0.39, 0.29) is 30.7 Å². The molecule has 2 aromatic rings. The van der Waals surface area contributed by atoms with Crippen LogP contribution in [-0.4, -0.2) is 86.3 Å². The number of nitrogens with zero attached hydrogens (tertiary/aromatic N) is 3. The molecule has 0 saturated carbocycles. The van der Waals surface area contributed by atoms with Gasteiger partial charge in [0.15, 0.2) is 0 Å². The van der Waals surface area contributed by atoms with Gasteiger partial charge in [0, 0.05) is 48.9 Å². The maximum absolute atomic E-state index is 13.0. The summed E-state index contributed by atoms with van der Waals surface area (Å²) in [6.07, 6.45) is 2.03. The van der Waals surface area contributed by atoms with Gasteiger partial charge in [-0.25, -0.2) is 14.6 Å². The highest BCUT2D eigenvalue weighted by molar-refractivity contribution is 6.33. The van der Waals surface area contributed by atoms with Gasteiger partial charge in [-0.2, -0.15) is 0 Å². The van der Waals surface area contributed by atoms with Crippen molar-refractivity contribution >= 4 is 46.9 Å². The summed E-state index contributed by atoms with van der Waals surface area (Å²) in [5.41, 5.74) is 6.70. The van der Waals surface area contributed by atoms with Gasteiger partial charge in [0.1, 0.15) is 5.82 Å². The topological polar surface area (TPSA) is 186 Å². The Hall–Kier alpha value is -3.84. The molecule has 13 heteroatoms. The number of aliphatic carboxylic acids is 2. The van der Waals surface area contributed by atoms with Crippen LogP contribution in [0.2, 0.25) is 5.02 Å². The monoisotopic (exact) mass is 617 g/mol. The number of hydrogen-bond acceptors (Lipinski definition) is 8. The van der Waals surface area contributed by atoms with Gasteiger partial charge in [0.05, 0.1) is 23.4 Å². The third-order valence-electron chi connectivity index (χ3n) is 7.02. The second-order valence-corrected chi connectivity index (χ2v) is 11.6. The zero-order valence-electron chi connectivity index (χ0n) is 24.7. The van der Waals surface area contributed by atoms with E-state index in [1.807, 2.05) is 50.8 Å². The van der Waals surface area contributed by atoms with Crippen molar-refractivity contribution in [1.82, 2.24) is 9.88 Å². The van der Waals surface area contributed by atoms with E-state index in [0.717, 1.165) is 0 Å². The molecule has 1 saturated heterocycles. The van der Waals surface area contributed by atoms with Crippen molar-refractivity contribution < 1.29 is 34.5 Å². The Morgan fingerprint density at radius 1 is 1.09 bits per heavy atom. The van der Waals surface area contributed by atoms with E-state index in [1.165, 1.54) is 0 Å². The Bertz CT molecular complexity index is 1270. The van der Waals surface area contributed by atoms with Crippen LogP contribution in [0.1, 0.15) is 34.1 Å². The van der Waals surface area contributed by atoms with Gasteiger partial charge in [0.25, 0.3) is 0 Å². The molecule has 2 amide bonds. The lowest BCUT2D eigenvalue weighted by Gasteiger charge is -2.47. The van der Waals surface area contributed by atoms with E-state index in [2.05, 4.69) is 10.3 Å². The Morgan fingerprint density at radius 2 is 1.70 bits per heavy atom. The highest BCUT2D eigenvalue weighted by atomic mass is 35.5. The molecule has 1 aromatic carbocycles. The second-order valence-electron chi connectivity index (χ2n) is 11.2. The number of carbonyl (C=O) groups excluding carboxylic acids is 2. The van der Waals surface area contributed by atoms with Gasteiger partial charge < -0.3 is 31.3 Å². The highest BCUT2D eigenvalue weighted by Crippen LogP contribution is 2.31. The number of nitrogens with two attached hydrogens (primary N) is 1. The van der Waals surface area contributed by atoms with Crippen molar-refractivity contribution in [3.05, 3.63) is 65.8 Å². The molecule has 6 N–H and O–H groups in total. The number of nitrogens with one attached hydrogen (secondary N) is 1. The van der Waals surface area contributed by atoms with Crippen LogP contribution in [-0.2, 0) is 19.2 Å². The van der Waals surface area contributed by atoms with Gasteiger partial charge in [-0.3, -0.25) is 14.5 Å². The molecule has 43 heavy (non-hydrogen) atoms. The van der Waals surface area contributed by atoms with E-state index in [9.17, 15) is 24.3 Å². The summed E-state index contributed by atoms with van der Waals surface area (Å²) in [6, 6.07) is 12.0. The molecule has 1 fully saturated rings. The van der Waals surface area contributed by atoms with E-state index in [0.29, 0.717) is 41.8 Å².